The molecule has 0 aliphatic carbocycles. The third-order valence-corrected chi connectivity index (χ3v) is 5.00. The Balaban J connectivity index is 2.54. The van der Waals surface area contributed by atoms with E-state index in [2.05, 4.69) is 20.7 Å². The maximum atomic E-state index is 11.9. The van der Waals surface area contributed by atoms with Crippen molar-refractivity contribution in [2.75, 3.05) is 4.72 Å². The molecule has 0 saturated heterocycles. The number of hydrogen-bond acceptors (Lipinski definition) is 3. The monoisotopic (exact) mass is 338 g/mol. The van der Waals surface area contributed by atoms with Gasteiger partial charge in [-0.1, -0.05) is 40.2 Å². The van der Waals surface area contributed by atoms with E-state index in [1.54, 1.807) is 18.2 Å². The Bertz CT molecular complexity index is 766. The van der Waals surface area contributed by atoms with Crippen LogP contribution in [0.15, 0.2) is 40.9 Å². The number of halogens is 1. The average molecular weight is 339 g/mol. The molecule has 1 atom stereocenters. The Morgan fingerprint density at radius 2 is 1.84 bits per heavy atom. The highest BCUT2D eigenvalue weighted by Gasteiger charge is 2.20. The van der Waals surface area contributed by atoms with Crippen LogP contribution in [-0.2, 0) is 10.0 Å². The van der Waals surface area contributed by atoms with Gasteiger partial charge in [0.2, 0.25) is 10.0 Å². The molecule has 2 aromatic carbocycles. The number of nitrogens with zero attached hydrogens (tertiary/aromatic N) is 1. The van der Waals surface area contributed by atoms with Gasteiger partial charge >= 0.3 is 0 Å². The van der Waals surface area contributed by atoms with Crippen molar-refractivity contribution in [2.45, 2.75) is 12.2 Å². The number of nitriles is 1. The lowest BCUT2D eigenvalue weighted by molar-refractivity contribution is 0.597. The van der Waals surface area contributed by atoms with E-state index in [4.69, 9.17) is 5.26 Å². The highest BCUT2D eigenvalue weighted by molar-refractivity contribution is 9.10. The minimum atomic E-state index is -3.69. The molecule has 0 bridgehead atoms. The fraction of sp³-hybridized carbons (Fsp3) is 0.154. The molecule has 0 radical (unpaired) electrons. The third kappa shape index (κ3) is 2.72. The van der Waals surface area contributed by atoms with Gasteiger partial charge in [-0.3, -0.25) is 4.72 Å². The molecule has 6 heteroatoms. The Hall–Kier alpha value is -1.58. The average Bonchev–Trinajstić information content (AvgIpc) is 2.41. The highest BCUT2D eigenvalue weighted by atomic mass is 79.9. The zero-order chi connectivity index (χ0) is 14.0. The van der Waals surface area contributed by atoms with Crippen LogP contribution in [0.4, 0.5) is 5.69 Å². The summed E-state index contributed by atoms with van der Waals surface area (Å²) in [5, 5.41) is 9.32. The predicted molar refractivity (Wildman–Crippen MR) is 79.3 cm³/mol. The highest BCUT2D eigenvalue weighted by Crippen LogP contribution is 2.30. The second kappa shape index (κ2) is 5.19. The largest absolute Gasteiger partial charge is 0.282 e. The van der Waals surface area contributed by atoms with Gasteiger partial charge < -0.3 is 0 Å². The van der Waals surface area contributed by atoms with E-state index < -0.39 is 15.3 Å². The van der Waals surface area contributed by atoms with Gasteiger partial charge in [-0.15, -0.1) is 0 Å². The standard InChI is InChI=1S/C13H11BrN2O2S/c1-9(8-15)19(17,18)16-13-7-6-12(14)10-4-2-3-5-11(10)13/h2-7,9,16H,1H3. The summed E-state index contributed by atoms with van der Waals surface area (Å²) in [4.78, 5) is 0. The molecule has 0 aromatic heterocycles. The molecule has 0 saturated carbocycles. The van der Waals surface area contributed by atoms with Crippen LogP contribution >= 0.6 is 15.9 Å². The topological polar surface area (TPSA) is 70.0 Å². The molecule has 2 rings (SSSR count). The van der Waals surface area contributed by atoms with Crippen molar-refractivity contribution in [3.8, 4) is 6.07 Å². The van der Waals surface area contributed by atoms with E-state index in [0.29, 0.717) is 5.69 Å². The molecule has 0 heterocycles. The number of rotatable bonds is 3. The van der Waals surface area contributed by atoms with Crippen LogP contribution in [0.2, 0.25) is 0 Å². The van der Waals surface area contributed by atoms with Crippen LogP contribution in [-0.4, -0.2) is 13.7 Å². The van der Waals surface area contributed by atoms with Crippen molar-refractivity contribution < 1.29 is 8.42 Å². The summed E-state index contributed by atoms with van der Waals surface area (Å²) in [6.45, 7) is 1.35. The Labute approximate surface area is 120 Å². The lowest BCUT2D eigenvalue weighted by Crippen LogP contribution is -2.23. The van der Waals surface area contributed by atoms with E-state index in [1.807, 2.05) is 24.3 Å². The van der Waals surface area contributed by atoms with Gasteiger partial charge in [-0.2, -0.15) is 5.26 Å². The molecule has 4 nitrogen and oxygen atoms in total. The number of hydrogen-bond donors (Lipinski definition) is 1. The number of fused-ring (bicyclic) bond motifs is 1. The summed E-state index contributed by atoms with van der Waals surface area (Å²) < 4.78 is 27.2. The third-order valence-electron chi connectivity index (χ3n) is 2.77. The van der Waals surface area contributed by atoms with E-state index in [9.17, 15) is 8.42 Å². The normalized spacial score (nSPS) is 12.9. The first-order valence-electron chi connectivity index (χ1n) is 5.54. The van der Waals surface area contributed by atoms with E-state index in [1.165, 1.54) is 6.92 Å². The minimum Gasteiger partial charge on any atom is -0.282 e. The van der Waals surface area contributed by atoms with Crippen LogP contribution in [0.3, 0.4) is 0 Å². The summed E-state index contributed by atoms with van der Waals surface area (Å²) in [6.07, 6.45) is 0. The van der Waals surface area contributed by atoms with Gasteiger partial charge in [0.25, 0.3) is 0 Å². The van der Waals surface area contributed by atoms with Crippen molar-refractivity contribution >= 4 is 42.4 Å². The molecule has 98 valence electrons. The summed E-state index contributed by atoms with van der Waals surface area (Å²) >= 11 is 3.42. The quantitative estimate of drug-likeness (QED) is 0.933. The van der Waals surface area contributed by atoms with Gasteiger partial charge in [-0.05, 0) is 24.4 Å². The number of benzene rings is 2. The van der Waals surface area contributed by atoms with Crippen molar-refractivity contribution in [3.05, 3.63) is 40.9 Å². The van der Waals surface area contributed by atoms with Crippen LogP contribution in [0.1, 0.15) is 6.92 Å². The fourth-order valence-electron chi connectivity index (χ4n) is 1.66. The molecule has 0 aliphatic rings. The van der Waals surface area contributed by atoms with E-state index in [0.717, 1.165) is 15.2 Å². The van der Waals surface area contributed by atoms with Gasteiger partial charge in [0, 0.05) is 9.86 Å². The molecular weight excluding hydrogens is 328 g/mol. The lowest BCUT2D eigenvalue weighted by atomic mass is 10.1. The minimum absolute atomic E-state index is 0.473. The molecule has 0 amide bonds. The van der Waals surface area contributed by atoms with Gasteiger partial charge in [0.15, 0.2) is 5.25 Å². The molecular formula is C13H11BrN2O2S. The number of sulfonamides is 1. The summed E-state index contributed by atoms with van der Waals surface area (Å²) in [5.41, 5.74) is 0.473. The zero-order valence-electron chi connectivity index (χ0n) is 10.1. The first-order chi connectivity index (χ1) is 8.95. The second-order valence-electron chi connectivity index (χ2n) is 4.06. The zero-order valence-corrected chi connectivity index (χ0v) is 12.5. The maximum absolute atomic E-state index is 11.9. The number of anilines is 1. The lowest BCUT2D eigenvalue weighted by Gasteiger charge is -2.12. The van der Waals surface area contributed by atoms with Gasteiger partial charge in [0.05, 0.1) is 11.8 Å². The molecule has 0 aliphatic heterocycles. The maximum Gasteiger partial charge on any atom is 0.248 e. The van der Waals surface area contributed by atoms with Gasteiger partial charge in [-0.25, -0.2) is 8.42 Å². The van der Waals surface area contributed by atoms with Crippen molar-refractivity contribution in [1.29, 1.82) is 5.26 Å². The Kier molecular flexibility index (Phi) is 3.78. The van der Waals surface area contributed by atoms with Crippen LogP contribution in [0.5, 0.6) is 0 Å². The Morgan fingerprint density at radius 3 is 2.47 bits per heavy atom. The molecule has 1 unspecified atom stereocenters. The summed E-state index contributed by atoms with van der Waals surface area (Å²) in [6, 6.07) is 12.6. The first kappa shape index (κ1) is 13.8. The fourth-order valence-corrected chi connectivity index (χ4v) is 2.94. The Morgan fingerprint density at radius 1 is 1.21 bits per heavy atom. The van der Waals surface area contributed by atoms with Crippen molar-refractivity contribution in [2.24, 2.45) is 0 Å². The first-order valence-corrected chi connectivity index (χ1v) is 7.88. The molecule has 2 aromatic rings. The van der Waals surface area contributed by atoms with Crippen LogP contribution in [0.25, 0.3) is 10.8 Å². The van der Waals surface area contributed by atoms with Crippen LogP contribution < -0.4 is 4.72 Å². The molecule has 1 N–H and O–H groups in total. The molecule has 0 fully saturated rings. The molecule has 19 heavy (non-hydrogen) atoms. The summed E-state index contributed by atoms with van der Waals surface area (Å²) in [7, 11) is -3.69. The number of nitrogens with one attached hydrogen (secondary N) is 1. The second-order valence-corrected chi connectivity index (χ2v) is 6.91. The van der Waals surface area contributed by atoms with E-state index >= 15 is 0 Å². The van der Waals surface area contributed by atoms with E-state index in [-0.39, 0.29) is 0 Å². The smallest absolute Gasteiger partial charge is 0.248 e. The van der Waals surface area contributed by atoms with Gasteiger partial charge in [0.1, 0.15) is 0 Å². The van der Waals surface area contributed by atoms with Crippen molar-refractivity contribution in [1.82, 2.24) is 0 Å². The SMILES string of the molecule is CC(C#N)S(=O)(=O)Nc1ccc(Br)c2ccccc12. The summed E-state index contributed by atoms with van der Waals surface area (Å²) in [5.74, 6) is 0. The van der Waals surface area contributed by atoms with Crippen molar-refractivity contribution in [3.63, 3.8) is 0 Å². The van der Waals surface area contributed by atoms with Crippen LogP contribution in [0, 0.1) is 11.3 Å². The predicted octanol–water partition coefficient (Wildman–Crippen LogP) is 3.26. The molecule has 0 spiro atoms.